The number of benzene rings is 1. The highest BCUT2D eigenvalue weighted by Gasteiger charge is 2.28. The van der Waals surface area contributed by atoms with E-state index in [2.05, 4.69) is 9.97 Å². The van der Waals surface area contributed by atoms with E-state index in [0.717, 1.165) is 17.5 Å². The van der Waals surface area contributed by atoms with Gasteiger partial charge in [-0.25, -0.2) is 4.39 Å². The van der Waals surface area contributed by atoms with E-state index in [-0.39, 0.29) is 24.2 Å². The Bertz CT molecular complexity index is 1060. The van der Waals surface area contributed by atoms with Gasteiger partial charge in [0.2, 0.25) is 5.91 Å². The summed E-state index contributed by atoms with van der Waals surface area (Å²) in [5.74, 6) is 0.365. The minimum atomic E-state index is -0.292. The number of ether oxygens (including phenoxy) is 1. The molecule has 7 heteroatoms. The summed E-state index contributed by atoms with van der Waals surface area (Å²) in [5.41, 5.74) is 9.34. The van der Waals surface area contributed by atoms with Crippen molar-refractivity contribution < 1.29 is 13.9 Å². The van der Waals surface area contributed by atoms with E-state index in [0.29, 0.717) is 35.9 Å². The van der Waals surface area contributed by atoms with Crippen molar-refractivity contribution in [3.8, 4) is 17.0 Å². The van der Waals surface area contributed by atoms with Gasteiger partial charge in [0, 0.05) is 24.7 Å². The lowest BCUT2D eigenvalue weighted by Crippen LogP contribution is -2.32. The highest BCUT2D eigenvalue weighted by Crippen LogP contribution is 2.25. The van der Waals surface area contributed by atoms with Gasteiger partial charge < -0.3 is 15.4 Å². The third-order valence-corrected chi connectivity index (χ3v) is 5.23. The van der Waals surface area contributed by atoms with Crippen LogP contribution in [0.4, 0.5) is 10.1 Å². The standard InChI is InChI=1S/C23H23FN4O2/c1-15-11-16(24)4-5-19(15)21-7-6-20(25)22(27-21)12-23(29)28-10-8-18(14-28)30-17-3-2-9-26-13-17/h2-7,9,11,13,18H,8,10,12,14,25H2,1H3/t18-/m0/s1. The number of amides is 1. The van der Waals surface area contributed by atoms with E-state index in [1.807, 2.05) is 19.1 Å². The molecule has 0 radical (unpaired) electrons. The van der Waals surface area contributed by atoms with Gasteiger partial charge in [0.25, 0.3) is 0 Å². The van der Waals surface area contributed by atoms with Crippen LogP contribution in [0, 0.1) is 12.7 Å². The number of rotatable bonds is 5. The Morgan fingerprint density at radius 2 is 2.17 bits per heavy atom. The molecular weight excluding hydrogens is 383 g/mol. The molecule has 2 N–H and O–H groups in total. The summed E-state index contributed by atoms with van der Waals surface area (Å²) in [6.45, 7) is 2.97. The van der Waals surface area contributed by atoms with Gasteiger partial charge in [-0.1, -0.05) is 0 Å². The van der Waals surface area contributed by atoms with Gasteiger partial charge in [0.05, 0.1) is 36.2 Å². The third-order valence-electron chi connectivity index (χ3n) is 5.23. The number of hydrogen-bond donors (Lipinski definition) is 1. The fourth-order valence-electron chi connectivity index (χ4n) is 3.63. The second kappa shape index (κ2) is 8.49. The summed E-state index contributed by atoms with van der Waals surface area (Å²) >= 11 is 0. The molecule has 3 heterocycles. The van der Waals surface area contributed by atoms with Crippen LogP contribution >= 0.6 is 0 Å². The largest absolute Gasteiger partial charge is 0.487 e. The van der Waals surface area contributed by atoms with E-state index in [9.17, 15) is 9.18 Å². The highest BCUT2D eigenvalue weighted by molar-refractivity contribution is 5.80. The average Bonchev–Trinajstić information content (AvgIpc) is 3.19. The molecule has 0 aliphatic carbocycles. The molecule has 154 valence electrons. The van der Waals surface area contributed by atoms with E-state index in [4.69, 9.17) is 10.5 Å². The van der Waals surface area contributed by atoms with E-state index in [1.165, 1.54) is 12.1 Å². The summed E-state index contributed by atoms with van der Waals surface area (Å²) in [4.78, 5) is 23.3. The molecule has 0 spiro atoms. The van der Waals surface area contributed by atoms with E-state index >= 15 is 0 Å². The van der Waals surface area contributed by atoms with Gasteiger partial charge in [-0.3, -0.25) is 14.8 Å². The van der Waals surface area contributed by atoms with E-state index < -0.39 is 0 Å². The molecular formula is C23H23FN4O2. The molecule has 1 amide bonds. The molecule has 6 nitrogen and oxygen atoms in total. The van der Waals surface area contributed by atoms with E-state index in [1.54, 1.807) is 35.5 Å². The predicted octanol–water partition coefficient (Wildman–Crippen LogP) is 3.40. The summed E-state index contributed by atoms with van der Waals surface area (Å²) in [6.07, 6.45) is 4.17. The predicted molar refractivity (Wildman–Crippen MR) is 112 cm³/mol. The Kier molecular flexibility index (Phi) is 5.61. The molecule has 0 unspecified atom stereocenters. The summed E-state index contributed by atoms with van der Waals surface area (Å²) < 4.78 is 19.3. The van der Waals surface area contributed by atoms with Gasteiger partial charge in [-0.15, -0.1) is 0 Å². The molecule has 1 atom stereocenters. The maximum atomic E-state index is 13.4. The number of aryl methyl sites for hydroxylation is 1. The van der Waals surface area contributed by atoms with Gasteiger partial charge >= 0.3 is 0 Å². The topological polar surface area (TPSA) is 81.3 Å². The number of pyridine rings is 2. The number of anilines is 1. The maximum absolute atomic E-state index is 13.4. The van der Waals surface area contributed by atoms with Gasteiger partial charge in [-0.05, 0) is 55.0 Å². The first kappa shape index (κ1) is 19.8. The van der Waals surface area contributed by atoms with Gasteiger partial charge in [0.15, 0.2) is 0 Å². The first-order chi connectivity index (χ1) is 14.5. The van der Waals surface area contributed by atoms with Gasteiger partial charge in [-0.2, -0.15) is 0 Å². The molecule has 1 aliphatic rings. The Morgan fingerprint density at radius 3 is 2.93 bits per heavy atom. The summed E-state index contributed by atoms with van der Waals surface area (Å²) in [5, 5.41) is 0. The first-order valence-corrected chi connectivity index (χ1v) is 9.86. The van der Waals surface area contributed by atoms with Crippen LogP contribution in [0.2, 0.25) is 0 Å². The lowest BCUT2D eigenvalue weighted by atomic mass is 10.0. The zero-order valence-corrected chi connectivity index (χ0v) is 16.7. The molecule has 2 aromatic heterocycles. The zero-order chi connectivity index (χ0) is 21.1. The van der Waals surface area contributed by atoms with Crippen molar-refractivity contribution in [3.63, 3.8) is 0 Å². The Balaban J connectivity index is 1.44. The lowest BCUT2D eigenvalue weighted by Gasteiger charge is -2.18. The van der Waals surface area contributed by atoms with Crippen molar-refractivity contribution >= 4 is 11.6 Å². The fraction of sp³-hybridized carbons (Fsp3) is 0.261. The van der Waals surface area contributed by atoms with Crippen LogP contribution in [-0.2, 0) is 11.2 Å². The van der Waals surface area contributed by atoms with Crippen molar-refractivity contribution in [1.29, 1.82) is 0 Å². The number of nitrogen functional groups attached to an aromatic ring is 1. The Morgan fingerprint density at radius 1 is 1.30 bits per heavy atom. The van der Waals surface area contributed by atoms with Crippen molar-refractivity contribution in [3.05, 3.63) is 71.9 Å². The Hall–Kier alpha value is -3.48. The summed E-state index contributed by atoms with van der Waals surface area (Å²) in [7, 11) is 0. The van der Waals surface area contributed by atoms with Crippen LogP contribution in [0.15, 0.2) is 54.9 Å². The van der Waals surface area contributed by atoms with Crippen molar-refractivity contribution in [2.75, 3.05) is 18.8 Å². The molecule has 1 saturated heterocycles. The van der Waals surface area contributed by atoms with Crippen LogP contribution < -0.4 is 10.5 Å². The number of nitrogens with two attached hydrogens (primary N) is 1. The third kappa shape index (κ3) is 4.40. The minimum Gasteiger partial charge on any atom is -0.487 e. The SMILES string of the molecule is Cc1cc(F)ccc1-c1ccc(N)c(CC(=O)N2CC[C@H](Oc3cccnc3)C2)n1. The molecule has 0 saturated carbocycles. The normalized spacial score (nSPS) is 15.9. The molecule has 1 fully saturated rings. The van der Waals surface area contributed by atoms with Crippen LogP contribution in [0.1, 0.15) is 17.7 Å². The summed E-state index contributed by atoms with van der Waals surface area (Å²) in [6, 6.07) is 11.8. The number of hydrogen-bond acceptors (Lipinski definition) is 5. The number of carbonyl (C=O) groups excluding carboxylic acids is 1. The second-order valence-electron chi connectivity index (χ2n) is 7.43. The molecule has 4 rings (SSSR count). The fourth-order valence-corrected chi connectivity index (χ4v) is 3.63. The zero-order valence-electron chi connectivity index (χ0n) is 16.7. The highest BCUT2D eigenvalue weighted by atomic mass is 19.1. The number of carbonyl (C=O) groups is 1. The quantitative estimate of drug-likeness (QED) is 0.702. The van der Waals surface area contributed by atoms with Crippen LogP contribution in [0.3, 0.4) is 0 Å². The second-order valence-corrected chi connectivity index (χ2v) is 7.43. The molecule has 1 aromatic carbocycles. The first-order valence-electron chi connectivity index (χ1n) is 9.86. The molecule has 3 aromatic rings. The number of halogens is 1. The molecule has 0 bridgehead atoms. The van der Waals surface area contributed by atoms with Crippen LogP contribution in [0.5, 0.6) is 5.75 Å². The van der Waals surface area contributed by atoms with Crippen molar-refractivity contribution in [2.24, 2.45) is 0 Å². The lowest BCUT2D eigenvalue weighted by molar-refractivity contribution is -0.129. The molecule has 1 aliphatic heterocycles. The smallest absolute Gasteiger partial charge is 0.228 e. The van der Waals surface area contributed by atoms with Crippen molar-refractivity contribution in [2.45, 2.75) is 25.9 Å². The van der Waals surface area contributed by atoms with Crippen LogP contribution in [-0.4, -0.2) is 40.0 Å². The number of nitrogens with zero attached hydrogens (tertiary/aromatic N) is 3. The monoisotopic (exact) mass is 406 g/mol. The van der Waals surface area contributed by atoms with Crippen molar-refractivity contribution in [1.82, 2.24) is 14.9 Å². The molecule has 30 heavy (non-hydrogen) atoms. The number of aromatic nitrogens is 2. The Labute approximate surface area is 174 Å². The minimum absolute atomic E-state index is 0.0422. The number of likely N-dealkylation sites (tertiary alicyclic amines) is 1. The average molecular weight is 406 g/mol. The van der Waals surface area contributed by atoms with Crippen LogP contribution in [0.25, 0.3) is 11.3 Å². The van der Waals surface area contributed by atoms with Gasteiger partial charge in [0.1, 0.15) is 17.7 Å². The maximum Gasteiger partial charge on any atom is 0.228 e.